The van der Waals surface area contributed by atoms with Crippen LogP contribution < -0.4 is 35.0 Å². The molecule has 0 atom stereocenters. The first kappa shape index (κ1) is 62.7. The third kappa shape index (κ3) is 16.7. The fourth-order valence-electron chi connectivity index (χ4n) is 9.84. The van der Waals surface area contributed by atoms with Crippen molar-refractivity contribution in [2.75, 3.05) is 21.3 Å². The van der Waals surface area contributed by atoms with Gasteiger partial charge in [0.15, 0.2) is 8.07 Å². The van der Waals surface area contributed by atoms with Crippen LogP contribution in [0.15, 0.2) is 243 Å². The Morgan fingerprint density at radius 2 is 0.495 bits per heavy atom. The van der Waals surface area contributed by atoms with E-state index in [4.69, 9.17) is 28.4 Å². The maximum Gasteiger partial charge on any atom is 0.338 e. The van der Waals surface area contributed by atoms with Gasteiger partial charge in [-0.25, -0.2) is 14.4 Å². The van der Waals surface area contributed by atoms with Crippen molar-refractivity contribution in [3.05, 3.63) is 315 Å². The van der Waals surface area contributed by atoms with E-state index in [9.17, 15) is 14.4 Å². The van der Waals surface area contributed by atoms with E-state index in [0.717, 1.165) is 93.6 Å². The molecule has 10 rings (SSSR count). The van der Waals surface area contributed by atoms with E-state index in [-0.39, 0.29) is 19.8 Å². The molecule has 0 bridgehead atoms. The molecule has 0 aromatic heterocycles. The van der Waals surface area contributed by atoms with Crippen molar-refractivity contribution in [2.45, 2.75) is 39.5 Å². The summed E-state index contributed by atoms with van der Waals surface area (Å²) in [5, 5.41) is 4.52. The van der Waals surface area contributed by atoms with Crippen molar-refractivity contribution in [1.82, 2.24) is 0 Å². The van der Waals surface area contributed by atoms with Gasteiger partial charge in [-0.05, 0) is 195 Å². The lowest BCUT2D eigenvalue weighted by atomic mass is 10.1. The van der Waals surface area contributed by atoms with Gasteiger partial charge in [-0.3, -0.25) is 0 Å². The smallest absolute Gasteiger partial charge is 0.338 e. The van der Waals surface area contributed by atoms with E-state index in [1.165, 1.54) is 0 Å². The number of benzene rings is 10. The van der Waals surface area contributed by atoms with Crippen LogP contribution in [-0.2, 0) is 34.0 Å². The molecule has 0 aliphatic rings. The molecule has 0 saturated heterocycles. The lowest BCUT2D eigenvalue weighted by molar-refractivity contribution is 0.0464. The zero-order valence-corrected chi connectivity index (χ0v) is 53.4. The van der Waals surface area contributed by atoms with Crippen LogP contribution in [-0.4, -0.2) is 55.4 Å². The predicted molar refractivity (Wildman–Crippen MR) is 364 cm³/mol. The molecule has 10 aromatic rings. The Balaban J connectivity index is 0.948. The molecule has 9 nitrogen and oxygen atoms in total. The lowest BCUT2D eigenvalue weighted by Crippen LogP contribution is -2.74. The summed E-state index contributed by atoms with van der Waals surface area (Å²) < 4.78 is 32.5. The maximum absolute atomic E-state index is 13.0. The first-order chi connectivity index (χ1) is 44.2. The molecule has 0 amide bonds. The molecular weight excluding hydrogens is 1160 g/mol. The Labute approximate surface area is 534 Å². The van der Waals surface area contributed by atoms with Crippen molar-refractivity contribution >= 4 is 54.8 Å². The van der Waals surface area contributed by atoms with E-state index in [1.807, 2.05) is 109 Å². The monoisotopic (exact) mass is 1220 g/mol. The number of esters is 3. The van der Waals surface area contributed by atoms with Crippen LogP contribution in [0.25, 0.3) is 0 Å². The topological polar surface area (TPSA) is 107 Å². The molecule has 0 N–H and O–H groups in total. The number of hydrogen-bond acceptors (Lipinski definition) is 9. The minimum Gasteiger partial charge on any atom is -0.497 e. The molecule has 0 aliphatic carbocycles. The van der Waals surface area contributed by atoms with Gasteiger partial charge in [0, 0.05) is 38.9 Å². The summed E-state index contributed by atoms with van der Waals surface area (Å²) in [5.41, 5.74) is 13.1. The van der Waals surface area contributed by atoms with Crippen LogP contribution >= 0.6 is 0 Å². The SMILES string of the molecule is COc1ccc(COC(=O)c2ccc(C#Cc3ccc([Si](c4ccc(C#Cc5ccc(C(=O)OCc6ccc(OC)cc6)cc5)cc4)(c4ccc(C#Cc5ccc(C(=O)OCc6ccc(OC)cc6)cc5)cc4)c4ccc(C#C[Si](C)(C)C)cc4)cc3)cc2)cc1. The van der Waals surface area contributed by atoms with E-state index in [2.05, 4.69) is 164 Å². The van der Waals surface area contributed by atoms with E-state index >= 15 is 0 Å². The summed E-state index contributed by atoms with van der Waals surface area (Å²) in [6.45, 7) is 7.15. The summed E-state index contributed by atoms with van der Waals surface area (Å²) >= 11 is 0. The van der Waals surface area contributed by atoms with Gasteiger partial charge >= 0.3 is 17.9 Å². The van der Waals surface area contributed by atoms with Crippen LogP contribution in [0.3, 0.4) is 0 Å². The largest absolute Gasteiger partial charge is 0.497 e. The number of methoxy groups -OCH3 is 3. The van der Waals surface area contributed by atoms with Crippen LogP contribution in [0, 0.1) is 47.0 Å². The Morgan fingerprint density at radius 1 is 0.286 bits per heavy atom. The average molecular weight is 1230 g/mol. The summed E-state index contributed by atoms with van der Waals surface area (Å²) in [6, 6.07) is 77.8. The third-order valence-electron chi connectivity index (χ3n) is 14.9. The number of ether oxygens (including phenoxy) is 6. The van der Waals surface area contributed by atoms with E-state index < -0.39 is 34.1 Å². The molecule has 0 radical (unpaired) electrons. The molecule has 0 fully saturated rings. The molecule has 0 saturated carbocycles. The van der Waals surface area contributed by atoms with Crippen LogP contribution in [0.5, 0.6) is 17.2 Å². The van der Waals surface area contributed by atoms with Crippen LogP contribution in [0.4, 0.5) is 0 Å². The summed E-state index contributed by atoms with van der Waals surface area (Å²) in [5.74, 6) is 24.3. The van der Waals surface area contributed by atoms with Gasteiger partial charge in [0.2, 0.25) is 0 Å². The van der Waals surface area contributed by atoms with Gasteiger partial charge in [-0.2, -0.15) is 0 Å². The molecule has 0 spiro atoms. The zero-order chi connectivity index (χ0) is 63.6. The normalized spacial score (nSPS) is 10.7. The zero-order valence-electron chi connectivity index (χ0n) is 51.4. The molecule has 0 unspecified atom stereocenters. The Morgan fingerprint density at radius 3 is 0.703 bits per heavy atom. The highest BCUT2D eigenvalue weighted by atomic mass is 28.3. The van der Waals surface area contributed by atoms with Crippen molar-refractivity contribution < 1.29 is 42.8 Å². The lowest BCUT2D eigenvalue weighted by Gasteiger charge is -2.34. The highest BCUT2D eigenvalue weighted by Gasteiger charge is 2.41. The second kappa shape index (κ2) is 29.6. The quantitative estimate of drug-likeness (QED) is 0.0307. The first-order valence-corrected chi connectivity index (χ1v) is 35.0. The van der Waals surface area contributed by atoms with Crippen molar-refractivity contribution in [2.24, 2.45) is 0 Å². The Kier molecular flexibility index (Phi) is 20.4. The van der Waals surface area contributed by atoms with Gasteiger partial charge in [0.25, 0.3) is 0 Å². The summed E-state index contributed by atoms with van der Waals surface area (Å²) in [4.78, 5) is 38.9. The molecule has 11 heteroatoms. The van der Waals surface area contributed by atoms with Crippen LogP contribution in [0.2, 0.25) is 19.6 Å². The fraction of sp³-hybridized carbons (Fsp3) is 0.113. The van der Waals surface area contributed by atoms with Crippen molar-refractivity contribution in [3.8, 4) is 64.2 Å². The minimum atomic E-state index is -3.19. The predicted octanol–water partition coefficient (Wildman–Crippen LogP) is 12.6. The van der Waals surface area contributed by atoms with Gasteiger partial charge in [-0.15, -0.1) is 5.54 Å². The molecule has 91 heavy (non-hydrogen) atoms. The highest BCUT2D eigenvalue weighted by molar-refractivity contribution is 7.19. The second-order valence-corrected chi connectivity index (χ2v) is 30.9. The van der Waals surface area contributed by atoms with Crippen molar-refractivity contribution in [1.29, 1.82) is 0 Å². The van der Waals surface area contributed by atoms with Gasteiger partial charge < -0.3 is 28.4 Å². The van der Waals surface area contributed by atoms with E-state index in [1.54, 1.807) is 57.7 Å². The fourth-order valence-corrected chi connectivity index (χ4v) is 15.0. The Bertz CT molecular complexity index is 4030. The highest BCUT2D eigenvalue weighted by Crippen LogP contribution is 2.19. The van der Waals surface area contributed by atoms with Gasteiger partial charge in [0.1, 0.15) is 45.1 Å². The Hall–Kier alpha value is -11.3. The number of hydrogen-bond donors (Lipinski definition) is 0. The van der Waals surface area contributed by atoms with E-state index in [0.29, 0.717) is 16.7 Å². The summed E-state index contributed by atoms with van der Waals surface area (Å²) in [7, 11) is -0.0398. The van der Waals surface area contributed by atoms with Crippen molar-refractivity contribution in [3.63, 3.8) is 0 Å². The van der Waals surface area contributed by atoms with Gasteiger partial charge in [-0.1, -0.05) is 146 Å². The third-order valence-corrected chi connectivity index (χ3v) is 20.5. The summed E-state index contributed by atoms with van der Waals surface area (Å²) in [6.07, 6.45) is 0. The minimum absolute atomic E-state index is 0.142. The van der Waals surface area contributed by atoms with Crippen LogP contribution in [0.1, 0.15) is 86.7 Å². The molecule has 0 heterocycles. The standard InChI is InChI=1S/C80H64O9Si2/c1-84-71-39-19-65(20-40-71)55-87-78(81)68-33-13-58(14-34-68)7-10-61-25-45-74(46-26-61)91(77-51-31-64(32-52-77)53-54-90(4,5)6,75-47-27-62(28-48-75)11-8-59-15-35-69(36-16-59)79(82)88-56-66-21-41-72(85-2)42-22-66)76-49-29-63(30-50-76)12-9-60-17-37-70(38-18-60)80(83)89-57-67-23-43-73(86-3)44-24-67/h13-52H,55-57H2,1-6H3. The number of carbonyl (C=O) groups excluding carboxylic acids is 3. The van der Waals surface area contributed by atoms with Gasteiger partial charge in [0.05, 0.1) is 38.0 Å². The molecule has 10 aromatic carbocycles. The molecule has 0 aliphatic heterocycles. The molecule has 446 valence electrons. The first-order valence-electron chi connectivity index (χ1n) is 29.5. The maximum atomic E-state index is 13.0. The number of carbonyl (C=O) groups is 3. The number of rotatable bonds is 16. The second-order valence-electron chi connectivity index (χ2n) is 22.3. The average Bonchev–Trinajstić information content (AvgIpc) is 0.754. The molecular formula is C80H64O9Si2.